The number of anilines is 2. The predicted molar refractivity (Wildman–Crippen MR) is 151 cm³/mol. The molecule has 3 amide bonds. The molecule has 3 unspecified atom stereocenters. The van der Waals surface area contributed by atoms with Crippen molar-refractivity contribution in [2.75, 3.05) is 16.8 Å². The lowest BCUT2D eigenvalue weighted by Crippen LogP contribution is -2.32. The van der Waals surface area contributed by atoms with Crippen LogP contribution in [-0.4, -0.2) is 34.6 Å². The molecule has 220 valence electrons. The first-order chi connectivity index (χ1) is 20.5. The standard InChI is InChI=1S/C29H19F4N3O5S2/c30-14-9-11-15(12-10-14)36-26(38)22-21(23-25(35-28(40)43-23)42-24(22)27(36)39)16-5-1-4-8-19(16)41-13-20(37)34-18-7-3-2-6-17(18)29(31,32)33/h1-12,21-22,24H,13H2,(H,34,37)(H,35,40). The van der Waals surface area contributed by atoms with Crippen molar-refractivity contribution in [2.45, 2.75) is 22.4 Å². The number of thiazole rings is 1. The minimum Gasteiger partial charge on any atom is -0.483 e. The fourth-order valence-corrected chi connectivity index (χ4v) is 7.74. The number of H-pyrrole nitrogens is 1. The number of para-hydroxylation sites is 2. The summed E-state index contributed by atoms with van der Waals surface area (Å²) in [5, 5.41) is 1.71. The van der Waals surface area contributed by atoms with Crippen LogP contribution in [0.5, 0.6) is 5.75 Å². The normalized spacial score (nSPS) is 19.6. The number of alkyl halides is 3. The molecular formula is C29H19F4N3O5S2. The number of imide groups is 1. The van der Waals surface area contributed by atoms with Gasteiger partial charge in [0, 0.05) is 16.4 Å². The van der Waals surface area contributed by atoms with Crippen molar-refractivity contribution in [3.05, 3.63) is 104 Å². The Hall–Kier alpha value is -4.43. The van der Waals surface area contributed by atoms with E-state index in [-0.39, 0.29) is 16.3 Å². The quantitative estimate of drug-likeness (QED) is 0.218. The predicted octanol–water partition coefficient (Wildman–Crippen LogP) is 5.41. The van der Waals surface area contributed by atoms with E-state index < -0.39 is 64.7 Å². The second-order valence-corrected chi connectivity index (χ2v) is 11.8. The van der Waals surface area contributed by atoms with Crippen LogP contribution in [0.4, 0.5) is 28.9 Å². The molecule has 1 aromatic heterocycles. The van der Waals surface area contributed by atoms with Crippen molar-refractivity contribution >= 4 is 52.2 Å². The summed E-state index contributed by atoms with van der Waals surface area (Å²) in [4.78, 5) is 56.3. The summed E-state index contributed by atoms with van der Waals surface area (Å²) >= 11 is 1.94. The maximum absolute atomic E-state index is 13.8. The molecule has 1 fully saturated rings. The topological polar surface area (TPSA) is 109 Å². The lowest BCUT2D eigenvalue weighted by molar-refractivity contribution is -0.137. The number of amides is 3. The number of fused-ring (bicyclic) bond motifs is 2. The van der Waals surface area contributed by atoms with Gasteiger partial charge in [-0.3, -0.25) is 19.2 Å². The van der Waals surface area contributed by atoms with Crippen LogP contribution in [0.3, 0.4) is 0 Å². The van der Waals surface area contributed by atoms with E-state index in [1.54, 1.807) is 18.2 Å². The largest absolute Gasteiger partial charge is 0.483 e. The van der Waals surface area contributed by atoms with Crippen LogP contribution in [-0.2, 0) is 20.6 Å². The summed E-state index contributed by atoms with van der Waals surface area (Å²) in [5.74, 6) is -4.15. The molecule has 1 saturated heterocycles. The fourth-order valence-electron chi connectivity index (χ4n) is 5.23. The van der Waals surface area contributed by atoms with Crippen molar-refractivity contribution in [1.82, 2.24) is 4.98 Å². The minimum absolute atomic E-state index is 0.143. The number of ether oxygens (including phenoxy) is 1. The lowest BCUT2D eigenvalue weighted by atomic mass is 9.82. The molecule has 14 heteroatoms. The van der Waals surface area contributed by atoms with Gasteiger partial charge in [-0.15, -0.1) is 0 Å². The molecule has 43 heavy (non-hydrogen) atoms. The van der Waals surface area contributed by atoms with Gasteiger partial charge in [0.1, 0.15) is 16.8 Å². The van der Waals surface area contributed by atoms with Crippen molar-refractivity contribution < 1.29 is 36.7 Å². The van der Waals surface area contributed by atoms with Gasteiger partial charge < -0.3 is 15.0 Å². The van der Waals surface area contributed by atoms with E-state index in [0.717, 1.165) is 52.3 Å². The zero-order valence-corrected chi connectivity index (χ0v) is 23.3. The van der Waals surface area contributed by atoms with E-state index in [4.69, 9.17) is 4.74 Å². The van der Waals surface area contributed by atoms with Gasteiger partial charge in [-0.1, -0.05) is 53.4 Å². The number of hydrogen-bond donors (Lipinski definition) is 2. The van der Waals surface area contributed by atoms with E-state index in [9.17, 15) is 36.7 Å². The highest BCUT2D eigenvalue weighted by Gasteiger charge is 2.56. The van der Waals surface area contributed by atoms with Gasteiger partial charge in [-0.25, -0.2) is 9.29 Å². The Morgan fingerprint density at radius 1 is 0.953 bits per heavy atom. The molecule has 8 nitrogen and oxygen atoms in total. The van der Waals surface area contributed by atoms with E-state index in [1.165, 1.54) is 30.3 Å². The zero-order chi connectivity index (χ0) is 30.5. The summed E-state index contributed by atoms with van der Waals surface area (Å²) in [6.45, 7) is -0.663. The third-order valence-corrected chi connectivity index (χ3v) is 9.43. The second-order valence-electron chi connectivity index (χ2n) is 9.66. The molecule has 0 bridgehead atoms. The fraction of sp³-hybridized carbons (Fsp3) is 0.172. The smallest absolute Gasteiger partial charge is 0.418 e. The summed E-state index contributed by atoms with van der Waals surface area (Å²) in [5.41, 5.74) is -0.844. The first kappa shape index (κ1) is 28.7. The third-order valence-electron chi connectivity index (χ3n) is 7.03. The molecule has 0 radical (unpaired) electrons. The van der Waals surface area contributed by atoms with E-state index in [2.05, 4.69) is 10.3 Å². The monoisotopic (exact) mass is 629 g/mol. The van der Waals surface area contributed by atoms with Crippen LogP contribution in [0.15, 0.2) is 82.6 Å². The van der Waals surface area contributed by atoms with E-state index >= 15 is 0 Å². The van der Waals surface area contributed by atoms with Crippen molar-refractivity contribution in [3.8, 4) is 5.75 Å². The Labute approximate surface area is 248 Å². The number of halogens is 4. The number of thioether (sulfide) groups is 1. The molecule has 6 rings (SSSR count). The molecule has 4 aromatic rings. The van der Waals surface area contributed by atoms with Gasteiger partial charge >= 0.3 is 11.0 Å². The van der Waals surface area contributed by atoms with Crippen LogP contribution < -0.4 is 19.8 Å². The SMILES string of the molecule is O=C(COc1ccccc1C1c2sc(=O)[nH]c2SC2C(=O)N(c3ccc(F)cc3)C(=O)C21)Nc1ccccc1C(F)(F)F. The van der Waals surface area contributed by atoms with Crippen LogP contribution in [0.2, 0.25) is 0 Å². The number of hydrogen-bond acceptors (Lipinski definition) is 7. The molecule has 2 N–H and O–H groups in total. The van der Waals surface area contributed by atoms with E-state index in [0.29, 0.717) is 15.5 Å². The van der Waals surface area contributed by atoms with Crippen LogP contribution in [0, 0.1) is 11.7 Å². The lowest BCUT2D eigenvalue weighted by Gasteiger charge is -2.30. The average molecular weight is 630 g/mol. The number of aromatic nitrogens is 1. The highest BCUT2D eigenvalue weighted by molar-refractivity contribution is 8.00. The summed E-state index contributed by atoms with van der Waals surface area (Å²) in [6.07, 6.45) is -4.68. The molecule has 2 aliphatic rings. The molecule has 3 aromatic carbocycles. The Kier molecular flexibility index (Phi) is 7.34. The number of nitrogens with one attached hydrogen (secondary N) is 2. The number of aromatic amines is 1. The number of carbonyl (C=O) groups excluding carboxylic acids is 3. The Morgan fingerprint density at radius 3 is 2.40 bits per heavy atom. The Morgan fingerprint density at radius 2 is 1.65 bits per heavy atom. The van der Waals surface area contributed by atoms with Crippen molar-refractivity contribution in [2.24, 2.45) is 5.92 Å². The highest BCUT2D eigenvalue weighted by Crippen LogP contribution is 2.54. The highest BCUT2D eigenvalue weighted by atomic mass is 32.2. The van der Waals surface area contributed by atoms with Crippen LogP contribution in [0.1, 0.15) is 21.9 Å². The molecular weight excluding hydrogens is 610 g/mol. The molecule has 3 heterocycles. The van der Waals surface area contributed by atoms with Crippen LogP contribution >= 0.6 is 23.1 Å². The second kappa shape index (κ2) is 11.0. The van der Waals surface area contributed by atoms with Crippen molar-refractivity contribution in [3.63, 3.8) is 0 Å². The maximum Gasteiger partial charge on any atom is 0.418 e. The van der Waals surface area contributed by atoms with Crippen LogP contribution in [0.25, 0.3) is 0 Å². The molecule has 0 saturated carbocycles. The minimum atomic E-state index is -4.68. The van der Waals surface area contributed by atoms with Gasteiger partial charge in [0.2, 0.25) is 11.8 Å². The maximum atomic E-state index is 13.8. The average Bonchev–Trinajstić information content (AvgIpc) is 3.46. The number of rotatable bonds is 6. The number of benzene rings is 3. The van der Waals surface area contributed by atoms with Crippen molar-refractivity contribution in [1.29, 1.82) is 0 Å². The van der Waals surface area contributed by atoms with Gasteiger partial charge in [-0.2, -0.15) is 13.2 Å². The van der Waals surface area contributed by atoms with Gasteiger partial charge in [0.05, 0.1) is 27.9 Å². The zero-order valence-electron chi connectivity index (χ0n) is 21.7. The summed E-state index contributed by atoms with van der Waals surface area (Å²) in [7, 11) is 0. The summed E-state index contributed by atoms with van der Waals surface area (Å²) < 4.78 is 59.5. The molecule has 0 spiro atoms. The summed E-state index contributed by atoms with van der Waals surface area (Å²) in [6, 6.07) is 15.9. The van der Waals surface area contributed by atoms with E-state index in [1.807, 2.05) is 0 Å². The van der Waals surface area contributed by atoms with Gasteiger partial charge in [0.25, 0.3) is 5.91 Å². The first-order valence-corrected chi connectivity index (χ1v) is 14.4. The van der Waals surface area contributed by atoms with Gasteiger partial charge in [-0.05, 0) is 42.5 Å². The number of nitrogens with zero attached hydrogens (tertiary/aromatic N) is 1. The molecule has 0 aliphatic carbocycles. The Bertz CT molecular complexity index is 1800. The number of carbonyl (C=O) groups is 3. The molecule has 3 atom stereocenters. The Balaban J connectivity index is 1.32. The first-order valence-electron chi connectivity index (χ1n) is 12.7. The van der Waals surface area contributed by atoms with Gasteiger partial charge in [0.15, 0.2) is 6.61 Å². The third kappa shape index (κ3) is 5.31. The molecule has 2 aliphatic heterocycles.